The fraction of sp³-hybridized carbons (Fsp3) is 0.606. The molecule has 3 aliphatic rings. The zero-order chi connectivity index (χ0) is 26.4. The number of aliphatic hydroxyl groups excluding tert-OH is 1. The van der Waals surface area contributed by atoms with E-state index in [4.69, 9.17) is 9.84 Å². The van der Waals surface area contributed by atoms with E-state index in [9.17, 15) is 4.79 Å². The number of aliphatic hydroxyl groups is 1. The van der Waals surface area contributed by atoms with Crippen LogP contribution in [0, 0.1) is 23.2 Å². The van der Waals surface area contributed by atoms with Gasteiger partial charge in [0, 0.05) is 13.0 Å². The van der Waals surface area contributed by atoms with Gasteiger partial charge in [-0.15, -0.1) is 0 Å². The average Bonchev–Trinajstić information content (AvgIpc) is 3.27. The molecule has 37 heavy (non-hydrogen) atoms. The van der Waals surface area contributed by atoms with Gasteiger partial charge >= 0.3 is 0 Å². The molecule has 0 aromatic heterocycles. The second-order valence-electron chi connectivity index (χ2n) is 11.3. The molecule has 2 fully saturated rings. The summed E-state index contributed by atoms with van der Waals surface area (Å²) in [4.78, 5) is 12.4. The van der Waals surface area contributed by atoms with E-state index < -0.39 is 0 Å². The van der Waals surface area contributed by atoms with Crippen LogP contribution >= 0.6 is 0 Å². The van der Waals surface area contributed by atoms with Gasteiger partial charge in [-0.1, -0.05) is 64.1 Å². The molecule has 0 heterocycles. The van der Waals surface area contributed by atoms with Crippen molar-refractivity contribution >= 4 is 5.91 Å². The smallest absolute Gasteiger partial charge is 0.220 e. The molecule has 0 aliphatic heterocycles. The van der Waals surface area contributed by atoms with E-state index >= 15 is 0 Å². The van der Waals surface area contributed by atoms with Gasteiger partial charge in [0.25, 0.3) is 0 Å². The SMILES string of the molecule is CC.CCc1cc2c(cc1OCc1ccccc1)CCC1C2CCC2(C)C(CC(=O)NCCO)CCC12. The first-order valence-corrected chi connectivity index (χ1v) is 14.7. The Morgan fingerprint density at radius 3 is 2.62 bits per heavy atom. The maximum absolute atomic E-state index is 12.4. The number of nitrogens with one attached hydrogen (secondary N) is 1. The highest BCUT2D eigenvalue weighted by Gasteiger charge is 2.54. The zero-order valence-corrected chi connectivity index (χ0v) is 23.4. The van der Waals surface area contributed by atoms with E-state index in [-0.39, 0.29) is 17.9 Å². The third kappa shape index (κ3) is 5.74. The van der Waals surface area contributed by atoms with Crippen molar-refractivity contribution in [3.05, 3.63) is 64.7 Å². The number of aryl methyl sites for hydroxylation is 2. The Morgan fingerprint density at radius 2 is 1.89 bits per heavy atom. The Bertz CT molecular complexity index is 1040. The predicted molar refractivity (Wildman–Crippen MR) is 151 cm³/mol. The molecular weight excluding hydrogens is 458 g/mol. The molecule has 2 N–H and O–H groups in total. The van der Waals surface area contributed by atoms with Crippen molar-refractivity contribution in [2.45, 2.75) is 91.6 Å². The summed E-state index contributed by atoms with van der Waals surface area (Å²) < 4.78 is 6.33. The molecule has 4 heteroatoms. The van der Waals surface area contributed by atoms with Gasteiger partial charge in [-0.3, -0.25) is 4.79 Å². The minimum atomic E-state index is 0.0121. The molecular formula is C33H47NO3. The third-order valence-corrected chi connectivity index (χ3v) is 9.59. The molecule has 0 spiro atoms. The summed E-state index contributed by atoms with van der Waals surface area (Å²) in [6.07, 6.45) is 8.85. The van der Waals surface area contributed by atoms with E-state index in [0.717, 1.165) is 30.9 Å². The lowest BCUT2D eigenvalue weighted by atomic mass is 9.54. The van der Waals surface area contributed by atoms with Crippen molar-refractivity contribution in [1.29, 1.82) is 0 Å². The van der Waals surface area contributed by atoms with Crippen molar-refractivity contribution in [3.63, 3.8) is 0 Å². The third-order valence-electron chi connectivity index (χ3n) is 9.59. The molecule has 1 amide bonds. The van der Waals surface area contributed by atoms with E-state index in [1.54, 1.807) is 5.56 Å². The van der Waals surface area contributed by atoms with Crippen LogP contribution in [0.2, 0.25) is 0 Å². The van der Waals surface area contributed by atoms with Crippen LogP contribution in [0.15, 0.2) is 42.5 Å². The van der Waals surface area contributed by atoms with Crippen LogP contribution in [-0.4, -0.2) is 24.2 Å². The maximum atomic E-state index is 12.4. The first-order valence-electron chi connectivity index (χ1n) is 14.7. The second kappa shape index (κ2) is 12.5. The molecule has 5 rings (SSSR count). The van der Waals surface area contributed by atoms with Crippen LogP contribution in [0.1, 0.15) is 94.4 Å². The molecule has 2 aromatic rings. The van der Waals surface area contributed by atoms with E-state index in [2.05, 4.69) is 55.6 Å². The first-order chi connectivity index (χ1) is 18.0. The second-order valence-corrected chi connectivity index (χ2v) is 11.3. The van der Waals surface area contributed by atoms with Crippen LogP contribution in [0.5, 0.6) is 5.75 Å². The lowest BCUT2D eigenvalue weighted by Crippen LogP contribution is -2.43. The molecule has 202 valence electrons. The fourth-order valence-corrected chi connectivity index (χ4v) is 7.73. The molecule has 2 saturated carbocycles. The number of carbonyl (C=O) groups is 1. The molecule has 5 atom stereocenters. The number of rotatable bonds is 8. The number of carbonyl (C=O) groups excluding carboxylic acids is 1. The summed E-state index contributed by atoms with van der Waals surface area (Å²) in [5, 5.41) is 11.9. The Balaban J connectivity index is 0.00000156. The normalized spacial score (nSPS) is 27.7. The molecule has 3 aliphatic carbocycles. The number of hydrogen-bond donors (Lipinski definition) is 2. The van der Waals surface area contributed by atoms with Crippen LogP contribution in [0.25, 0.3) is 0 Å². The average molecular weight is 506 g/mol. The van der Waals surface area contributed by atoms with Crippen LogP contribution in [0.4, 0.5) is 0 Å². The summed E-state index contributed by atoms with van der Waals surface area (Å²) in [6.45, 7) is 9.70. The van der Waals surface area contributed by atoms with Crippen molar-refractivity contribution in [1.82, 2.24) is 5.32 Å². The molecule has 0 bridgehead atoms. The number of ether oxygens (including phenoxy) is 1. The summed E-state index contributed by atoms with van der Waals surface area (Å²) in [7, 11) is 0. The molecule has 0 radical (unpaired) electrons. The van der Waals surface area contributed by atoms with E-state index in [1.165, 1.54) is 42.4 Å². The zero-order valence-electron chi connectivity index (χ0n) is 23.4. The monoisotopic (exact) mass is 505 g/mol. The lowest BCUT2D eigenvalue weighted by Gasteiger charge is -2.51. The van der Waals surface area contributed by atoms with Crippen molar-refractivity contribution in [2.24, 2.45) is 23.2 Å². The summed E-state index contributed by atoms with van der Waals surface area (Å²) in [6, 6.07) is 15.3. The van der Waals surface area contributed by atoms with Crippen LogP contribution < -0.4 is 10.1 Å². The fourth-order valence-electron chi connectivity index (χ4n) is 7.73. The van der Waals surface area contributed by atoms with Crippen LogP contribution in [0.3, 0.4) is 0 Å². The maximum Gasteiger partial charge on any atom is 0.220 e. The predicted octanol–water partition coefficient (Wildman–Crippen LogP) is 6.83. The summed E-state index contributed by atoms with van der Waals surface area (Å²) in [5.41, 5.74) is 5.88. The number of hydrogen-bond acceptors (Lipinski definition) is 3. The molecule has 5 unspecified atom stereocenters. The summed E-state index contributed by atoms with van der Waals surface area (Å²) >= 11 is 0. The Morgan fingerprint density at radius 1 is 1.11 bits per heavy atom. The van der Waals surface area contributed by atoms with Gasteiger partial charge in [-0.2, -0.15) is 0 Å². The lowest BCUT2D eigenvalue weighted by molar-refractivity contribution is -0.123. The minimum Gasteiger partial charge on any atom is -0.489 e. The van der Waals surface area contributed by atoms with Crippen molar-refractivity contribution in [3.8, 4) is 5.75 Å². The first kappa shape index (κ1) is 27.7. The van der Waals surface area contributed by atoms with Crippen molar-refractivity contribution in [2.75, 3.05) is 13.2 Å². The quantitative estimate of drug-likeness (QED) is 0.414. The Kier molecular flexibility index (Phi) is 9.34. The molecule has 2 aromatic carbocycles. The van der Waals surface area contributed by atoms with Crippen molar-refractivity contribution < 1.29 is 14.6 Å². The van der Waals surface area contributed by atoms with Gasteiger partial charge in [0.2, 0.25) is 5.91 Å². The molecule has 0 saturated heterocycles. The highest BCUT2D eigenvalue weighted by Crippen LogP contribution is 2.63. The highest BCUT2D eigenvalue weighted by molar-refractivity contribution is 5.76. The van der Waals surface area contributed by atoms with Gasteiger partial charge in [-0.25, -0.2) is 0 Å². The Labute approximate surface area is 224 Å². The largest absolute Gasteiger partial charge is 0.489 e. The van der Waals surface area contributed by atoms with Gasteiger partial charge in [0.15, 0.2) is 0 Å². The number of benzene rings is 2. The van der Waals surface area contributed by atoms with Gasteiger partial charge in [0.05, 0.1) is 6.61 Å². The van der Waals surface area contributed by atoms with Crippen LogP contribution in [-0.2, 0) is 24.2 Å². The number of fused-ring (bicyclic) bond motifs is 5. The van der Waals surface area contributed by atoms with Gasteiger partial charge in [0.1, 0.15) is 12.4 Å². The van der Waals surface area contributed by atoms with Gasteiger partial charge < -0.3 is 15.2 Å². The minimum absolute atomic E-state index is 0.0121. The highest BCUT2D eigenvalue weighted by atomic mass is 16.5. The topological polar surface area (TPSA) is 58.6 Å². The van der Waals surface area contributed by atoms with E-state index in [0.29, 0.717) is 37.3 Å². The standard InChI is InChI=1S/C31H41NO3.C2H6/c1-3-22-17-27-23(18-29(22)35-20-21-7-5-4-6-8-21)9-11-26-25(27)13-14-31(2)24(10-12-28(26)31)19-30(34)32-15-16-33;1-2/h4-8,17-18,24-26,28,33H,3,9-16,19-20H2,1-2H3,(H,32,34);1-2H3. The van der Waals surface area contributed by atoms with Gasteiger partial charge in [-0.05, 0) is 102 Å². The number of amides is 1. The Hall–Kier alpha value is -2.33. The molecule has 4 nitrogen and oxygen atoms in total. The van der Waals surface area contributed by atoms with E-state index in [1.807, 2.05) is 19.9 Å². The summed E-state index contributed by atoms with van der Waals surface area (Å²) in [5.74, 6) is 3.72.